The average molecular weight is 378 g/mol. The molecule has 0 aliphatic rings. The quantitative estimate of drug-likeness (QED) is 0.626. The summed E-state index contributed by atoms with van der Waals surface area (Å²) in [5, 5.41) is 4.00. The summed E-state index contributed by atoms with van der Waals surface area (Å²) < 4.78 is 13.7. The van der Waals surface area contributed by atoms with Gasteiger partial charge in [-0.1, -0.05) is 44.2 Å². The normalized spacial score (nSPS) is 11.8. The van der Waals surface area contributed by atoms with Crippen molar-refractivity contribution in [3.8, 4) is 0 Å². The summed E-state index contributed by atoms with van der Waals surface area (Å²) >= 11 is 0. The zero-order chi connectivity index (χ0) is 20.1. The molecule has 0 aliphatic heterocycles. The lowest BCUT2D eigenvalue weighted by Crippen LogP contribution is -2.21. The summed E-state index contributed by atoms with van der Waals surface area (Å²) in [4.78, 5) is 11.3. The van der Waals surface area contributed by atoms with Gasteiger partial charge in [0.2, 0.25) is 0 Å². The van der Waals surface area contributed by atoms with E-state index in [0.717, 1.165) is 24.2 Å². The zero-order valence-corrected chi connectivity index (χ0v) is 16.9. The monoisotopic (exact) mass is 378 g/mol. The van der Waals surface area contributed by atoms with Gasteiger partial charge in [0, 0.05) is 18.5 Å². The summed E-state index contributed by atoms with van der Waals surface area (Å²) in [6.07, 6.45) is 3.89. The number of nitrogens with zero attached hydrogens (tertiary/aromatic N) is 3. The molecule has 0 atom stereocenters. The van der Waals surface area contributed by atoms with Crippen LogP contribution in [0.1, 0.15) is 36.7 Å². The van der Waals surface area contributed by atoms with E-state index >= 15 is 0 Å². The van der Waals surface area contributed by atoms with Gasteiger partial charge >= 0.3 is 0 Å². The molecule has 3 rings (SSSR count). The fourth-order valence-corrected chi connectivity index (χ4v) is 2.89. The summed E-state index contributed by atoms with van der Waals surface area (Å²) in [5.41, 5.74) is 3.13. The summed E-state index contributed by atoms with van der Waals surface area (Å²) in [6.45, 7) is 5.94. The van der Waals surface area contributed by atoms with Crippen molar-refractivity contribution >= 4 is 28.9 Å². The highest BCUT2D eigenvalue weighted by atomic mass is 19.1. The number of likely N-dealkylation sites (N-methyl/N-ethyl adjacent to an activating group) is 1. The molecule has 0 unspecified atom stereocenters. The van der Waals surface area contributed by atoms with Crippen LogP contribution in [0, 0.1) is 5.82 Å². The van der Waals surface area contributed by atoms with Gasteiger partial charge in [-0.15, -0.1) is 0 Å². The first-order valence-electron chi connectivity index (χ1n) is 9.56. The van der Waals surface area contributed by atoms with Crippen LogP contribution in [-0.4, -0.2) is 42.1 Å². The highest BCUT2D eigenvalue weighted by molar-refractivity contribution is 5.90. The first-order valence-corrected chi connectivity index (χ1v) is 9.56. The fraction of sp³-hybridized carbons (Fsp3) is 0.304. The van der Waals surface area contributed by atoms with Crippen molar-refractivity contribution in [2.45, 2.75) is 19.8 Å². The predicted octanol–water partition coefficient (Wildman–Crippen LogP) is 5.04. The van der Waals surface area contributed by atoms with Crippen LogP contribution in [0.5, 0.6) is 0 Å². The van der Waals surface area contributed by atoms with Crippen molar-refractivity contribution in [3.63, 3.8) is 0 Å². The molecule has 0 fully saturated rings. The van der Waals surface area contributed by atoms with E-state index in [-0.39, 0.29) is 5.82 Å². The second-order valence-corrected chi connectivity index (χ2v) is 7.48. The number of anilines is 1. The van der Waals surface area contributed by atoms with Gasteiger partial charge in [-0.2, -0.15) is 0 Å². The van der Waals surface area contributed by atoms with E-state index in [1.807, 2.05) is 26.2 Å². The number of rotatable bonds is 7. The largest absolute Gasteiger partial charge is 0.368 e. The smallest absolute Gasteiger partial charge is 0.154 e. The molecule has 0 amide bonds. The van der Waals surface area contributed by atoms with Crippen LogP contribution in [0.15, 0.2) is 42.5 Å². The highest BCUT2D eigenvalue weighted by Crippen LogP contribution is 2.22. The predicted molar refractivity (Wildman–Crippen MR) is 116 cm³/mol. The van der Waals surface area contributed by atoms with Crippen molar-refractivity contribution in [1.29, 1.82) is 0 Å². The van der Waals surface area contributed by atoms with Gasteiger partial charge in [0.25, 0.3) is 0 Å². The maximum atomic E-state index is 13.7. The van der Waals surface area contributed by atoms with Crippen LogP contribution < -0.4 is 5.32 Å². The molecule has 1 N–H and O–H groups in total. The molecule has 0 radical (unpaired) electrons. The molecule has 0 spiro atoms. The van der Waals surface area contributed by atoms with Crippen LogP contribution in [-0.2, 0) is 0 Å². The third-order valence-electron chi connectivity index (χ3n) is 4.55. The van der Waals surface area contributed by atoms with Gasteiger partial charge in [0.05, 0.1) is 5.52 Å². The van der Waals surface area contributed by atoms with Crippen molar-refractivity contribution in [3.05, 3.63) is 65.2 Å². The van der Waals surface area contributed by atoms with Crippen molar-refractivity contribution in [1.82, 2.24) is 14.9 Å². The lowest BCUT2D eigenvalue weighted by Gasteiger charge is -2.13. The van der Waals surface area contributed by atoms with Crippen LogP contribution >= 0.6 is 0 Å². The number of aromatic nitrogens is 2. The lowest BCUT2D eigenvalue weighted by atomic mass is 10.0. The van der Waals surface area contributed by atoms with Crippen LogP contribution in [0.2, 0.25) is 0 Å². The minimum absolute atomic E-state index is 0.291. The summed E-state index contributed by atoms with van der Waals surface area (Å²) in [5.74, 6) is 1.47. The van der Waals surface area contributed by atoms with Gasteiger partial charge in [-0.25, -0.2) is 14.4 Å². The van der Waals surface area contributed by atoms with E-state index in [4.69, 9.17) is 0 Å². The zero-order valence-electron chi connectivity index (χ0n) is 16.9. The van der Waals surface area contributed by atoms with Gasteiger partial charge in [0.1, 0.15) is 11.6 Å². The van der Waals surface area contributed by atoms with Gasteiger partial charge in [-0.3, -0.25) is 0 Å². The Labute approximate surface area is 166 Å². The molecular weight excluding hydrogens is 351 g/mol. The molecule has 3 aromatic rings. The number of halogens is 1. The minimum Gasteiger partial charge on any atom is -0.368 e. The van der Waals surface area contributed by atoms with Crippen LogP contribution in [0.4, 0.5) is 10.2 Å². The Hall–Kier alpha value is -2.79. The number of hydrogen-bond donors (Lipinski definition) is 1. The third kappa shape index (κ3) is 5.14. The molecule has 4 nitrogen and oxygen atoms in total. The van der Waals surface area contributed by atoms with E-state index in [2.05, 4.69) is 58.3 Å². The van der Waals surface area contributed by atoms with E-state index in [1.165, 1.54) is 17.7 Å². The first kappa shape index (κ1) is 20.0. The molecular formula is C23H27FN4. The highest BCUT2D eigenvalue weighted by Gasteiger charge is 2.08. The molecule has 1 heterocycles. The number of hydrogen-bond acceptors (Lipinski definition) is 4. The minimum atomic E-state index is -0.291. The maximum absolute atomic E-state index is 13.7. The van der Waals surface area contributed by atoms with Gasteiger partial charge in [-0.05, 0) is 55.4 Å². The first-order chi connectivity index (χ1) is 13.4. The lowest BCUT2D eigenvalue weighted by molar-refractivity contribution is 0.425. The molecule has 0 aliphatic carbocycles. The maximum Gasteiger partial charge on any atom is 0.154 e. The Kier molecular flexibility index (Phi) is 6.37. The average Bonchev–Trinajstić information content (AvgIpc) is 2.66. The fourth-order valence-electron chi connectivity index (χ4n) is 2.89. The van der Waals surface area contributed by atoms with E-state index in [9.17, 15) is 4.39 Å². The second kappa shape index (κ2) is 8.93. The SMILES string of the molecule is CC(C)c1ccc(/C=C/c2nc(NCCN(C)C)c3cc(F)ccc3n2)cc1. The second-order valence-electron chi connectivity index (χ2n) is 7.48. The topological polar surface area (TPSA) is 41.1 Å². The molecule has 0 bridgehead atoms. The Morgan fingerprint density at radius 2 is 1.79 bits per heavy atom. The molecule has 0 saturated heterocycles. The Bertz CT molecular complexity index is 962. The van der Waals surface area contributed by atoms with Crippen LogP contribution in [0.3, 0.4) is 0 Å². The molecule has 1 aromatic heterocycles. The number of benzene rings is 2. The van der Waals surface area contributed by atoms with Crippen LogP contribution in [0.25, 0.3) is 23.1 Å². The summed E-state index contributed by atoms with van der Waals surface area (Å²) in [7, 11) is 4.02. The van der Waals surface area contributed by atoms with Crippen molar-refractivity contribution in [2.75, 3.05) is 32.5 Å². The number of fused-ring (bicyclic) bond motifs is 1. The Morgan fingerprint density at radius 1 is 1.04 bits per heavy atom. The summed E-state index contributed by atoms with van der Waals surface area (Å²) in [6, 6.07) is 13.1. The standard InChI is InChI=1S/C23H27FN4/c1-16(2)18-8-5-17(6-9-18)7-12-22-26-21-11-10-19(24)15-20(21)23(27-22)25-13-14-28(3)4/h5-12,15-16H,13-14H2,1-4H3,(H,25,26,27)/b12-7+. The molecule has 0 saturated carbocycles. The van der Waals surface area contributed by atoms with Crippen molar-refractivity contribution in [2.24, 2.45) is 0 Å². The van der Waals surface area contributed by atoms with Gasteiger partial charge in [0.15, 0.2) is 5.82 Å². The van der Waals surface area contributed by atoms with Gasteiger partial charge < -0.3 is 10.2 Å². The third-order valence-corrected chi connectivity index (χ3v) is 4.55. The number of nitrogens with one attached hydrogen (secondary N) is 1. The van der Waals surface area contributed by atoms with E-state index in [0.29, 0.717) is 22.9 Å². The van der Waals surface area contributed by atoms with E-state index < -0.39 is 0 Å². The Balaban J connectivity index is 1.88. The molecule has 5 heteroatoms. The van der Waals surface area contributed by atoms with E-state index in [1.54, 1.807) is 6.07 Å². The Morgan fingerprint density at radius 3 is 2.46 bits per heavy atom. The molecule has 2 aromatic carbocycles. The molecule has 146 valence electrons. The molecule has 28 heavy (non-hydrogen) atoms. The van der Waals surface area contributed by atoms with Crippen molar-refractivity contribution < 1.29 is 4.39 Å².